The summed E-state index contributed by atoms with van der Waals surface area (Å²) in [6.45, 7) is 5.01. The van der Waals surface area contributed by atoms with E-state index in [0.717, 1.165) is 18.2 Å². The molecule has 126 valence electrons. The molecule has 0 saturated carbocycles. The quantitative estimate of drug-likeness (QED) is 0.195. The van der Waals surface area contributed by atoms with Crippen LogP contribution in [0.25, 0.3) is 0 Å². The molecule has 0 N–H and O–H groups in total. The van der Waals surface area contributed by atoms with Gasteiger partial charge in [0.1, 0.15) is 0 Å². The molecule has 0 rings (SSSR count). The number of halogens is 1. The van der Waals surface area contributed by atoms with E-state index in [1.165, 1.54) is 57.8 Å². The summed E-state index contributed by atoms with van der Waals surface area (Å²) in [6, 6.07) is 0. The summed E-state index contributed by atoms with van der Waals surface area (Å²) in [5.41, 5.74) is 0. The molecule has 0 aliphatic heterocycles. The molecule has 0 aliphatic carbocycles. The van der Waals surface area contributed by atoms with E-state index in [2.05, 4.69) is 29.8 Å². The first kappa shape index (κ1) is 20.9. The van der Waals surface area contributed by atoms with Crippen LogP contribution < -0.4 is 0 Å². The van der Waals surface area contributed by atoms with Crippen LogP contribution in [0, 0.1) is 5.92 Å². The maximum Gasteiger partial charge on any atom is 0.306 e. The minimum Gasteiger partial charge on any atom is -0.466 e. The summed E-state index contributed by atoms with van der Waals surface area (Å²) in [5, 5.41) is 1.09. The van der Waals surface area contributed by atoms with Gasteiger partial charge < -0.3 is 4.74 Å². The lowest BCUT2D eigenvalue weighted by Gasteiger charge is -2.11. The predicted molar refractivity (Wildman–Crippen MR) is 95.0 cm³/mol. The van der Waals surface area contributed by atoms with Crippen molar-refractivity contribution in [3.63, 3.8) is 0 Å². The van der Waals surface area contributed by atoms with Crippen molar-refractivity contribution < 1.29 is 9.53 Å². The van der Waals surface area contributed by atoms with Gasteiger partial charge in [-0.3, -0.25) is 4.79 Å². The first-order valence-electron chi connectivity index (χ1n) is 8.92. The Morgan fingerprint density at radius 3 is 2.24 bits per heavy atom. The Bertz CT molecular complexity index is 231. The van der Waals surface area contributed by atoms with Gasteiger partial charge in [0.2, 0.25) is 0 Å². The highest BCUT2D eigenvalue weighted by Gasteiger charge is 2.09. The SMILES string of the molecule is CCCCCCCCCOC(=O)CC(C)CCCCCBr. The summed E-state index contributed by atoms with van der Waals surface area (Å²) in [6.07, 6.45) is 14.3. The van der Waals surface area contributed by atoms with Gasteiger partial charge in [-0.1, -0.05) is 87.6 Å². The Kier molecular flexibility index (Phi) is 16.3. The van der Waals surface area contributed by atoms with E-state index >= 15 is 0 Å². The molecule has 0 heterocycles. The molecule has 3 heteroatoms. The molecule has 0 spiro atoms. The van der Waals surface area contributed by atoms with Crippen molar-refractivity contribution in [3.8, 4) is 0 Å². The third-order valence-corrected chi connectivity index (χ3v) is 4.42. The Labute approximate surface area is 140 Å². The molecule has 0 aromatic rings. The molecule has 0 saturated heterocycles. The fraction of sp³-hybridized carbons (Fsp3) is 0.944. The molecule has 0 amide bonds. The second-order valence-electron chi connectivity index (χ2n) is 6.19. The summed E-state index contributed by atoms with van der Waals surface area (Å²) in [7, 11) is 0. The first-order chi connectivity index (χ1) is 10.2. The van der Waals surface area contributed by atoms with Crippen LogP contribution in [-0.4, -0.2) is 17.9 Å². The number of ether oxygens (including phenoxy) is 1. The molecule has 0 aromatic heterocycles. The Morgan fingerprint density at radius 1 is 0.952 bits per heavy atom. The van der Waals surface area contributed by atoms with E-state index in [1.807, 2.05) is 0 Å². The molecule has 1 atom stereocenters. The van der Waals surface area contributed by atoms with Gasteiger partial charge in [-0.15, -0.1) is 0 Å². The van der Waals surface area contributed by atoms with Crippen molar-refractivity contribution in [2.24, 2.45) is 5.92 Å². The van der Waals surface area contributed by atoms with Crippen LogP contribution in [-0.2, 0) is 9.53 Å². The maximum atomic E-state index is 11.7. The lowest BCUT2D eigenvalue weighted by molar-refractivity contribution is -0.144. The van der Waals surface area contributed by atoms with Gasteiger partial charge in [0.05, 0.1) is 6.61 Å². The highest BCUT2D eigenvalue weighted by atomic mass is 79.9. The van der Waals surface area contributed by atoms with Crippen LogP contribution in [0.1, 0.15) is 90.9 Å². The number of rotatable bonds is 15. The third kappa shape index (κ3) is 16.2. The third-order valence-electron chi connectivity index (χ3n) is 3.86. The Hall–Kier alpha value is -0.0500. The maximum absolute atomic E-state index is 11.7. The fourth-order valence-corrected chi connectivity index (χ4v) is 2.85. The second kappa shape index (κ2) is 16.3. The van der Waals surface area contributed by atoms with Gasteiger partial charge in [-0.25, -0.2) is 0 Å². The zero-order chi connectivity index (χ0) is 15.8. The molecule has 0 aromatic carbocycles. The smallest absolute Gasteiger partial charge is 0.306 e. The molecular formula is C18H35BrO2. The molecule has 2 nitrogen and oxygen atoms in total. The minimum atomic E-state index is -0.00558. The average molecular weight is 363 g/mol. The Morgan fingerprint density at radius 2 is 1.57 bits per heavy atom. The van der Waals surface area contributed by atoms with Crippen LogP contribution in [0.15, 0.2) is 0 Å². The van der Waals surface area contributed by atoms with Crippen LogP contribution in [0.5, 0.6) is 0 Å². The number of esters is 1. The van der Waals surface area contributed by atoms with Crippen molar-refractivity contribution in [2.45, 2.75) is 90.9 Å². The van der Waals surface area contributed by atoms with Crippen molar-refractivity contribution in [1.29, 1.82) is 0 Å². The number of hydrogen-bond donors (Lipinski definition) is 0. The number of unbranched alkanes of at least 4 members (excludes halogenated alkanes) is 8. The molecule has 0 fully saturated rings. The van der Waals surface area contributed by atoms with Crippen LogP contribution >= 0.6 is 15.9 Å². The molecule has 0 bridgehead atoms. The van der Waals surface area contributed by atoms with E-state index in [4.69, 9.17) is 4.74 Å². The van der Waals surface area contributed by atoms with Gasteiger partial charge in [0, 0.05) is 11.8 Å². The molecule has 1 unspecified atom stereocenters. The van der Waals surface area contributed by atoms with Crippen molar-refractivity contribution in [2.75, 3.05) is 11.9 Å². The lowest BCUT2D eigenvalue weighted by atomic mass is 10.0. The molecular weight excluding hydrogens is 328 g/mol. The van der Waals surface area contributed by atoms with Crippen molar-refractivity contribution in [1.82, 2.24) is 0 Å². The summed E-state index contributed by atoms with van der Waals surface area (Å²) < 4.78 is 5.32. The molecule has 0 radical (unpaired) electrons. The number of alkyl halides is 1. The van der Waals surface area contributed by atoms with E-state index in [0.29, 0.717) is 18.9 Å². The highest BCUT2D eigenvalue weighted by molar-refractivity contribution is 9.09. The fourth-order valence-electron chi connectivity index (χ4n) is 2.45. The van der Waals surface area contributed by atoms with E-state index in [1.54, 1.807) is 0 Å². The van der Waals surface area contributed by atoms with Gasteiger partial charge in [-0.05, 0) is 18.8 Å². The van der Waals surface area contributed by atoms with E-state index < -0.39 is 0 Å². The van der Waals surface area contributed by atoms with E-state index in [-0.39, 0.29) is 5.97 Å². The largest absolute Gasteiger partial charge is 0.466 e. The summed E-state index contributed by atoms with van der Waals surface area (Å²) in [4.78, 5) is 11.7. The van der Waals surface area contributed by atoms with Crippen LogP contribution in [0.3, 0.4) is 0 Å². The van der Waals surface area contributed by atoms with Crippen molar-refractivity contribution >= 4 is 21.9 Å². The van der Waals surface area contributed by atoms with Gasteiger partial charge in [0.15, 0.2) is 0 Å². The van der Waals surface area contributed by atoms with Gasteiger partial charge in [0.25, 0.3) is 0 Å². The minimum absolute atomic E-state index is 0.00558. The predicted octanol–water partition coefficient (Wildman–Crippen LogP) is 6.26. The summed E-state index contributed by atoms with van der Waals surface area (Å²) >= 11 is 3.44. The van der Waals surface area contributed by atoms with Crippen LogP contribution in [0.2, 0.25) is 0 Å². The zero-order valence-electron chi connectivity index (χ0n) is 14.2. The van der Waals surface area contributed by atoms with Gasteiger partial charge >= 0.3 is 5.97 Å². The number of carbonyl (C=O) groups is 1. The zero-order valence-corrected chi connectivity index (χ0v) is 15.8. The van der Waals surface area contributed by atoms with E-state index in [9.17, 15) is 4.79 Å². The number of carbonyl (C=O) groups excluding carboxylic acids is 1. The second-order valence-corrected chi connectivity index (χ2v) is 6.98. The number of hydrogen-bond acceptors (Lipinski definition) is 2. The standard InChI is InChI=1S/C18H35BrO2/c1-3-4-5-6-7-8-12-15-21-18(20)16-17(2)13-10-9-11-14-19/h17H,3-16H2,1-2H3. The monoisotopic (exact) mass is 362 g/mol. The summed E-state index contributed by atoms with van der Waals surface area (Å²) in [5.74, 6) is 0.454. The normalized spacial score (nSPS) is 12.3. The highest BCUT2D eigenvalue weighted by Crippen LogP contribution is 2.14. The van der Waals surface area contributed by atoms with Gasteiger partial charge in [-0.2, -0.15) is 0 Å². The van der Waals surface area contributed by atoms with Crippen LogP contribution in [0.4, 0.5) is 0 Å². The topological polar surface area (TPSA) is 26.3 Å². The van der Waals surface area contributed by atoms with Crippen molar-refractivity contribution in [3.05, 3.63) is 0 Å². The molecule has 0 aliphatic rings. The Balaban J connectivity index is 3.32. The average Bonchev–Trinajstić information content (AvgIpc) is 2.46. The first-order valence-corrected chi connectivity index (χ1v) is 10.0. The molecule has 21 heavy (non-hydrogen) atoms. The lowest BCUT2D eigenvalue weighted by Crippen LogP contribution is -2.10.